The third-order valence-corrected chi connectivity index (χ3v) is 2.06. The largest absolute Gasteiger partial charge is 0.550 e. The standard InChI is InChI=1S/C8H7F7O4.Ag/c9-3(1-2-4(16)17)6(10,11)8(14,15)7(12,13)5(18)19;/h3H,1-2H2,(H,16,17)(H,18,19);/p-2. The molecular formula is C8H5AgF7O4-2. The molecule has 0 aliphatic carbocycles. The summed E-state index contributed by atoms with van der Waals surface area (Å²) in [7, 11) is 0. The van der Waals surface area contributed by atoms with E-state index in [2.05, 4.69) is 0 Å². The number of halogens is 7. The Morgan fingerprint density at radius 3 is 1.70 bits per heavy atom. The van der Waals surface area contributed by atoms with Crippen molar-refractivity contribution in [2.45, 2.75) is 36.8 Å². The van der Waals surface area contributed by atoms with Crippen molar-refractivity contribution in [2.24, 2.45) is 0 Å². The fraction of sp³-hybridized carbons (Fsp3) is 0.750. The van der Waals surface area contributed by atoms with E-state index in [1.54, 1.807) is 0 Å². The number of rotatable bonds is 7. The quantitative estimate of drug-likeness (QED) is 0.422. The minimum Gasteiger partial charge on any atom is -0.550 e. The van der Waals surface area contributed by atoms with Gasteiger partial charge in [-0.15, -0.1) is 0 Å². The summed E-state index contributed by atoms with van der Waals surface area (Å²) < 4.78 is 88.5. The predicted octanol–water partition coefficient (Wildman–Crippen LogP) is -0.492. The van der Waals surface area contributed by atoms with Gasteiger partial charge in [0.2, 0.25) is 0 Å². The zero-order valence-electron chi connectivity index (χ0n) is 9.07. The number of carbonyl (C=O) groups excluding carboxylic acids is 2. The molecule has 0 fully saturated rings. The van der Waals surface area contributed by atoms with E-state index >= 15 is 0 Å². The molecule has 4 nitrogen and oxygen atoms in total. The maximum Gasteiger partial charge on any atom is 0.380 e. The average molecular weight is 406 g/mol. The van der Waals surface area contributed by atoms with Gasteiger partial charge in [0.05, 0.1) is 0 Å². The van der Waals surface area contributed by atoms with Gasteiger partial charge in [-0.05, 0) is 12.8 Å². The van der Waals surface area contributed by atoms with Crippen LogP contribution in [0.15, 0.2) is 0 Å². The van der Waals surface area contributed by atoms with Gasteiger partial charge in [0.15, 0.2) is 6.17 Å². The van der Waals surface area contributed by atoms with Crippen molar-refractivity contribution in [1.82, 2.24) is 0 Å². The number of aliphatic carboxylic acids is 2. The Morgan fingerprint density at radius 1 is 1.00 bits per heavy atom. The minimum absolute atomic E-state index is 0. The molecule has 1 atom stereocenters. The molecule has 0 heterocycles. The molecule has 12 heteroatoms. The Bertz CT molecular complexity index is 374. The molecule has 0 N–H and O–H groups in total. The summed E-state index contributed by atoms with van der Waals surface area (Å²) in [6.07, 6.45) is -7.21. The van der Waals surface area contributed by atoms with Crippen LogP contribution in [0.3, 0.4) is 0 Å². The van der Waals surface area contributed by atoms with Crippen LogP contribution in [-0.2, 0) is 32.0 Å². The molecule has 0 spiro atoms. The van der Waals surface area contributed by atoms with Crippen LogP contribution in [0.4, 0.5) is 30.7 Å². The van der Waals surface area contributed by atoms with Crippen LogP contribution >= 0.6 is 0 Å². The maximum atomic E-state index is 12.8. The number of hydrogen-bond donors (Lipinski definition) is 0. The Hall–Kier alpha value is -0.810. The first-order valence-corrected chi connectivity index (χ1v) is 4.47. The molecule has 0 aliphatic rings. The SMILES string of the molecule is O=C([O-])CCC(F)C(F)(F)C(F)(F)C(F)(F)C(=O)[O-].[Ag]. The molecule has 0 aromatic carbocycles. The topological polar surface area (TPSA) is 80.3 Å². The third-order valence-electron chi connectivity index (χ3n) is 2.06. The fourth-order valence-electron chi connectivity index (χ4n) is 0.960. The Morgan fingerprint density at radius 2 is 1.40 bits per heavy atom. The van der Waals surface area contributed by atoms with E-state index in [-0.39, 0.29) is 22.4 Å². The van der Waals surface area contributed by atoms with Crippen molar-refractivity contribution in [1.29, 1.82) is 0 Å². The van der Waals surface area contributed by atoms with E-state index in [1.807, 2.05) is 0 Å². The van der Waals surface area contributed by atoms with Crippen molar-refractivity contribution in [3.8, 4) is 0 Å². The molecule has 0 saturated heterocycles. The second kappa shape index (κ2) is 6.76. The summed E-state index contributed by atoms with van der Waals surface area (Å²) in [5.41, 5.74) is 0. The van der Waals surface area contributed by atoms with Gasteiger partial charge in [0, 0.05) is 28.3 Å². The molecule has 0 saturated carbocycles. The first-order valence-electron chi connectivity index (χ1n) is 4.47. The number of carboxylic acids is 2. The molecule has 20 heavy (non-hydrogen) atoms. The second-order valence-corrected chi connectivity index (χ2v) is 3.44. The smallest absolute Gasteiger partial charge is 0.380 e. The van der Waals surface area contributed by atoms with Crippen LogP contribution in [0, 0.1) is 0 Å². The van der Waals surface area contributed by atoms with Crippen molar-refractivity contribution >= 4 is 11.9 Å². The zero-order valence-corrected chi connectivity index (χ0v) is 10.6. The van der Waals surface area contributed by atoms with Crippen molar-refractivity contribution in [3.63, 3.8) is 0 Å². The van der Waals surface area contributed by atoms with Crippen LogP contribution in [0.5, 0.6) is 0 Å². The second-order valence-electron chi connectivity index (χ2n) is 3.44. The molecule has 0 aromatic rings. The summed E-state index contributed by atoms with van der Waals surface area (Å²) in [4.78, 5) is 19.5. The zero-order chi connectivity index (χ0) is 15.6. The Labute approximate surface area is 122 Å². The monoisotopic (exact) mass is 405 g/mol. The summed E-state index contributed by atoms with van der Waals surface area (Å²) in [6, 6.07) is 0. The van der Waals surface area contributed by atoms with E-state index < -0.39 is 48.7 Å². The fourth-order valence-corrected chi connectivity index (χ4v) is 0.960. The molecule has 123 valence electrons. The predicted molar refractivity (Wildman–Crippen MR) is 39.0 cm³/mol. The van der Waals surface area contributed by atoms with Crippen molar-refractivity contribution in [2.75, 3.05) is 0 Å². The van der Waals surface area contributed by atoms with Crippen molar-refractivity contribution < 1.29 is 72.9 Å². The minimum atomic E-state index is -6.59. The summed E-state index contributed by atoms with van der Waals surface area (Å²) in [6.45, 7) is 0. The van der Waals surface area contributed by atoms with Crippen LogP contribution in [-0.4, -0.2) is 35.9 Å². The Kier molecular flexibility index (Phi) is 7.27. The van der Waals surface area contributed by atoms with Gasteiger partial charge in [-0.25, -0.2) is 4.39 Å². The number of hydrogen-bond acceptors (Lipinski definition) is 4. The molecule has 0 amide bonds. The molecule has 0 rings (SSSR count). The van der Waals surface area contributed by atoms with Gasteiger partial charge in [-0.1, -0.05) is 0 Å². The van der Waals surface area contributed by atoms with Gasteiger partial charge in [-0.2, -0.15) is 26.3 Å². The summed E-state index contributed by atoms with van der Waals surface area (Å²) in [5, 5.41) is 19.5. The Balaban J connectivity index is 0. The van der Waals surface area contributed by atoms with Gasteiger partial charge in [0.25, 0.3) is 0 Å². The first-order chi connectivity index (χ1) is 8.28. The summed E-state index contributed by atoms with van der Waals surface area (Å²) in [5.74, 6) is -24.9. The van der Waals surface area contributed by atoms with Crippen LogP contribution in [0.1, 0.15) is 12.8 Å². The van der Waals surface area contributed by atoms with Crippen LogP contribution in [0.2, 0.25) is 0 Å². The van der Waals surface area contributed by atoms with Crippen LogP contribution < -0.4 is 10.2 Å². The van der Waals surface area contributed by atoms with Crippen LogP contribution in [0.25, 0.3) is 0 Å². The van der Waals surface area contributed by atoms with Gasteiger partial charge in [-0.3, -0.25) is 0 Å². The molecule has 1 radical (unpaired) electrons. The van der Waals surface area contributed by atoms with E-state index in [9.17, 15) is 50.5 Å². The molecular weight excluding hydrogens is 401 g/mol. The van der Waals surface area contributed by atoms with Gasteiger partial charge in [0.1, 0.15) is 5.97 Å². The normalized spacial score (nSPS) is 14.3. The molecule has 0 bridgehead atoms. The van der Waals surface area contributed by atoms with E-state index in [1.165, 1.54) is 0 Å². The number of carboxylic acid groups (broad SMARTS) is 2. The van der Waals surface area contributed by atoms with E-state index in [0.29, 0.717) is 0 Å². The maximum absolute atomic E-state index is 12.8. The number of alkyl halides is 7. The van der Waals surface area contributed by atoms with E-state index in [0.717, 1.165) is 0 Å². The van der Waals surface area contributed by atoms with Gasteiger partial charge >= 0.3 is 17.8 Å². The van der Waals surface area contributed by atoms with E-state index in [4.69, 9.17) is 0 Å². The average Bonchev–Trinajstić information content (AvgIpc) is 2.24. The molecule has 1 unspecified atom stereocenters. The summed E-state index contributed by atoms with van der Waals surface area (Å²) >= 11 is 0. The van der Waals surface area contributed by atoms with Gasteiger partial charge < -0.3 is 19.8 Å². The molecule has 0 aliphatic heterocycles. The first kappa shape index (κ1) is 21.5. The third kappa shape index (κ3) is 3.85. The molecule has 0 aromatic heterocycles. The number of carbonyl (C=O) groups is 2. The van der Waals surface area contributed by atoms with Crippen molar-refractivity contribution in [3.05, 3.63) is 0 Å².